The summed E-state index contributed by atoms with van der Waals surface area (Å²) < 4.78 is 2.38. The smallest absolute Gasteiger partial charge is 0.160 e. The molecule has 0 N–H and O–H groups in total. The highest BCUT2D eigenvalue weighted by molar-refractivity contribution is 6.20. The third-order valence-electron chi connectivity index (χ3n) is 12.2. The number of aromatic nitrogens is 3. The zero-order chi connectivity index (χ0) is 40.3. The molecule has 12 aromatic rings. The van der Waals surface area contributed by atoms with Gasteiger partial charge in [-0.05, 0) is 84.9 Å². The fourth-order valence-electron chi connectivity index (χ4n) is 9.31. The highest BCUT2D eigenvalue weighted by Crippen LogP contribution is 2.42. The Morgan fingerprint density at radius 1 is 0.311 bits per heavy atom. The number of hydrogen-bond acceptors (Lipinski definition) is 2. The van der Waals surface area contributed by atoms with E-state index < -0.39 is 0 Å². The van der Waals surface area contributed by atoms with Crippen molar-refractivity contribution in [3.63, 3.8) is 0 Å². The minimum atomic E-state index is 0.680. The molecule has 0 aliphatic carbocycles. The van der Waals surface area contributed by atoms with Gasteiger partial charge < -0.3 is 4.57 Å². The molecule has 0 bridgehead atoms. The third kappa shape index (κ3) is 5.90. The Morgan fingerprint density at radius 3 is 1.70 bits per heavy atom. The molecule has 3 heteroatoms. The Labute approximate surface area is 353 Å². The van der Waals surface area contributed by atoms with Crippen LogP contribution in [-0.4, -0.2) is 14.5 Å². The molecule has 0 aliphatic rings. The Balaban J connectivity index is 1.06. The first-order valence-corrected chi connectivity index (χ1v) is 20.8. The first-order chi connectivity index (χ1) is 30.2. The molecule has 3 nitrogen and oxygen atoms in total. The van der Waals surface area contributed by atoms with Gasteiger partial charge >= 0.3 is 0 Å². The summed E-state index contributed by atoms with van der Waals surface area (Å²) in [5.74, 6) is 0.680. The van der Waals surface area contributed by atoms with Crippen molar-refractivity contribution in [3.05, 3.63) is 224 Å². The third-order valence-corrected chi connectivity index (χ3v) is 12.2. The van der Waals surface area contributed by atoms with Gasteiger partial charge in [-0.15, -0.1) is 0 Å². The lowest BCUT2D eigenvalue weighted by Crippen LogP contribution is -1.99. The van der Waals surface area contributed by atoms with E-state index in [1.165, 1.54) is 59.8 Å². The average Bonchev–Trinajstić information content (AvgIpc) is 3.68. The monoisotopic (exact) mass is 775 g/mol. The van der Waals surface area contributed by atoms with Crippen molar-refractivity contribution in [1.29, 1.82) is 0 Å². The molecule has 0 aliphatic heterocycles. The Hall–Kier alpha value is -8.14. The van der Waals surface area contributed by atoms with Crippen molar-refractivity contribution >= 4 is 54.1 Å². The molecule has 0 amide bonds. The van der Waals surface area contributed by atoms with Crippen molar-refractivity contribution in [3.8, 4) is 61.8 Å². The molecule has 2 aromatic heterocycles. The van der Waals surface area contributed by atoms with Crippen LogP contribution in [0, 0.1) is 0 Å². The molecule has 12 rings (SSSR count). The number of hydrogen-bond donors (Lipinski definition) is 0. The Kier molecular flexibility index (Phi) is 8.17. The van der Waals surface area contributed by atoms with E-state index in [-0.39, 0.29) is 0 Å². The molecule has 61 heavy (non-hydrogen) atoms. The van der Waals surface area contributed by atoms with Gasteiger partial charge in [-0.2, -0.15) is 0 Å². The Morgan fingerprint density at radius 2 is 0.902 bits per heavy atom. The van der Waals surface area contributed by atoms with Gasteiger partial charge in [-0.3, -0.25) is 0 Å². The fourth-order valence-corrected chi connectivity index (χ4v) is 9.31. The van der Waals surface area contributed by atoms with Crippen LogP contribution in [0.5, 0.6) is 0 Å². The first-order valence-electron chi connectivity index (χ1n) is 20.8. The van der Waals surface area contributed by atoms with Crippen LogP contribution in [0.25, 0.3) is 116 Å². The van der Waals surface area contributed by atoms with E-state index in [9.17, 15) is 0 Å². The van der Waals surface area contributed by atoms with Gasteiger partial charge in [0.1, 0.15) is 0 Å². The van der Waals surface area contributed by atoms with E-state index in [0.29, 0.717) is 5.82 Å². The van der Waals surface area contributed by atoms with E-state index in [2.05, 4.69) is 229 Å². The van der Waals surface area contributed by atoms with Gasteiger partial charge in [0.25, 0.3) is 0 Å². The quantitative estimate of drug-likeness (QED) is 0.124. The second-order valence-electron chi connectivity index (χ2n) is 15.7. The van der Waals surface area contributed by atoms with E-state index in [1.807, 2.05) is 0 Å². The predicted molar refractivity (Wildman–Crippen MR) is 256 cm³/mol. The van der Waals surface area contributed by atoms with Gasteiger partial charge in [0.2, 0.25) is 0 Å². The maximum absolute atomic E-state index is 5.43. The predicted octanol–water partition coefficient (Wildman–Crippen LogP) is 15.4. The van der Waals surface area contributed by atoms with E-state index >= 15 is 0 Å². The van der Waals surface area contributed by atoms with Gasteiger partial charge in [0.05, 0.1) is 22.4 Å². The normalized spacial score (nSPS) is 11.6. The number of rotatable bonds is 6. The summed E-state index contributed by atoms with van der Waals surface area (Å²) in [7, 11) is 0. The zero-order valence-electron chi connectivity index (χ0n) is 33.2. The lowest BCUT2D eigenvalue weighted by Gasteiger charge is -2.15. The summed E-state index contributed by atoms with van der Waals surface area (Å²) in [6.45, 7) is 0. The molecule has 0 fully saturated rings. The van der Waals surface area contributed by atoms with Gasteiger partial charge in [0.15, 0.2) is 5.82 Å². The summed E-state index contributed by atoms with van der Waals surface area (Å²) >= 11 is 0. The number of benzene rings is 10. The summed E-state index contributed by atoms with van der Waals surface area (Å²) in [6, 6.07) is 80.4. The lowest BCUT2D eigenvalue weighted by molar-refractivity contribution is 1.16. The van der Waals surface area contributed by atoms with Gasteiger partial charge in [-0.25, -0.2) is 9.97 Å². The maximum Gasteiger partial charge on any atom is 0.160 e. The van der Waals surface area contributed by atoms with Crippen molar-refractivity contribution in [2.75, 3.05) is 0 Å². The Bertz CT molecular complexity index is 3610. The molecule has 284 valence electrons. The van der Waals surface area contributed by atoms with E-state index in [0.717, 1.165) is 50.4 Å². The second kappa shape index (κ2) is 14.3. The molecule has 0 saturated heterocycles. The van der Waals surface area contributed by atoms with Crippen molar-refractivity contribution < 1.29 is 0 Å². The molecular weight excluding hydrogens is 739 g/mol. The lowest BCUT2D eigenvalue weighted by atomic mass is 9.89. The maximum atomic E-state index is 5.43. The minimum Gasteiger partial charge on any atom is -0.309 e. The van der Waals surface area contributed by atoms with Crippen LogP contribution in [0.4, 0.5) is 0 Å². The van der Waals surface area contributed by atoms with Crippen LogP contribution >= 0.6 is 0 Å². The topological polar surface area (TPSA) is 30.7 Å². The number of para-hydroxylation sites is 3. The van der Waals surface area contributed by atoms with Gasteiger partial charge in [-0.1, -0.05) is 194 Å². The highest BCUT2D eigenvalue weighted by atomic mass is 15.0. The average molecular weight is 776 g/mol. The second-order valence-corrected chi connectivity index (χ2v) is 15.7. The van der Waals surface area contributed by atoms with Gasteiger partial charge in [0, 0.05) is 33.2 Å². The molecule has 0 atom stereocenters. The summed E-state index contributed by atoms with van der Waals surface area (Å²) in [5, 5.41) is 9.87. The first kappa shape index (κ1) is 34.9. The molecule has 0 saturated carbocycles. The summed E-state index contributed by atoms with van der Waals surface area (Å²) in [6.07, 6.45) is 0. The highest BCUT2D eigenvalue weighted by Gasteiger charge is 2.20. The summed E-state index contributed by atoms with van der Waals surface area (Å²) in [5.41, 5.74) is 12.9. The standard InChI is InChI=1S/C58H37N3/c1-3-14-38(15-4-1)39-26-28-41(29-27-39)53-37-54(51-24-13-23-50-48-22-11-12-25-55(48)61(57(50)51)45-18-5-2-6-19-45)60-58(59-53)43-32-30-42(31-33-43)56-47-21-10-8-17-44(47)36-52-46-20-9-7-16-40(46)34-35-49(52)56/h1-37H. The van der Waals surface area contributed by atoms with E-state index in [4.69, 9.17) is 9.97 Å². The van der Waals surface area contributed by atoms with Crippen LogP contribution in [0.2, 0.25) is 0 Å². The van der Waals surface area contributed by atoms with E-state index in [1.54, 1.807) is 0 Å². The largest absolute Gasteiger partial charge is 0.309 e. The molecule has 10 aromatic carbocycles. The molecule has 0 spiro atoms. The van der Waals surface area contributed by atoms with Crippen molar-refractivity contribution in [1.82, 2.24) is 14.5 Å². The number of fused-ring (bicyclic) bond motifs is 7. The minimum absolute atomic E-state index is 0.680. The van der Waals surface area contributed by atoms with Crippen LogP contribution in [0.1, 0.15) is 0 Å². The molecule has 0 radical (unpaired) electrons. The molecular formula is C58H37N3. The van der Waals surface area contributed by atoms with Crippen LogP contribution in [-0.2, 0) is 0 Å². The molecule has 2 heterocycles. The molecule has 0 unspecified atom stereocenters. The van der Waals surface area contributed by atoms with Crippen molar-refractivity contribution in [2.45, 2.75) is 0 Å². The van der Waals surface area contributed by atoms with Crippen molar-refractivity contribution in [2.24, 2.45) is 0 Å². The van der Waals surface area contributed by atoms with Crippen LogP contribution < -0.4 is 0 Å². The summed E-state index contributed by atoms with van der Waals surface area (Å²) in [4.78, 5) is 10.8. The fraction of sp³-hybridized carbons (Fsp3) is 0. The zero-order valence-corrected chi connectivity index (χ0v) is 33.2. The number of nitrogens with zero attached hydrogens (tertiary/aromatic N) is 3. The van der Waals surface area contributed by atoms with Crippen LogP contribution in [0.15, 0.2) is 224 Å². The SMILES string of the molecule is c1ccc(-c2ccc(-c3cc(-c4cccc5c6ccccc6n(-c6ccccc6)c45)nc(-c4ccc(-c5c6ccccc6cc6c5ccc5ccccc56)cc4)n3)cc2)cc1. The van der Waals surface area contributed by atoms with Crippen LogP contribution in [0.3, 0.4) is 0 Å².